The molecule has 1 heterocycles. The van der Waals surface area contributed by atoms with Gasteiger partial charge in [-0.15, -0.1) is 0 Å². The largest absolute Gasteiger partial charge is 0.233 e. The van der Waals surface area contributed by atoms with Gasteiger partial charge in [0.15, 0.2) is 8.29 Å². The van der Waals surface area contributed by atoms with E-state index in [-0.39, 0.29) is 0 Å². The summed E-state index contributed by atoms with van der Waals surface area (Å²) >= 11 is 22.1. The summed E-state index contributed by atoms with van der Waals surface area (Å²) in [5.74, 6) is 0.610. The van der Waals surface area contributed by atoms with Crippen molar-refractivity contribution >= 4 is 70.3 Å². The average molecular weight is 355 g/mol. The molecule has 0 fully saturated rings. The van der Waals surface area contributed by atoms with Crippen molar-refractivity contribution < 1.29 is 0 Å². The maximum absolute atomic E-state index is 6.11. The van der Waals surface area contributed by atoms with Gasteiger partial charge >= 0.3 is 0 Å². The van der Waals surface area contributed by atoms with E-state index in [1.165, 1.54) is 23.1 Å². The fourth-order valence-electron chi connectivity index (χ4n) is 1.20. The van der Waals surface area contributed by atoms with E-state index in [0.29, 0.717) is 15.9 Å². The Morgan fingerprint density at radius 2 is 2.06 bits per heavy atom. The molecule has 0 N–H and O–H groups in total. The molecule has 1 aromatic carbocycles. The van der Waals surface area contributed by atoms with Gasteiger partial charge in [-0.25, -0.2) is 4.68 Å². The molecule has 0 spiro atoms. The van der Waals surface area contributed by atoms with Gasteiger partial charge in [0.05, 0.1) is 15.9 Å². The van der Waals surface area contributed by atoms with Gasteiger partial charge in [-0.2, -0.15) is 5.10 Å². The summed E-state index contributed by atoms with van der Waals surface area (Å²) in [5, 5.41) is 5.69. The molecule has 0 bridgehead atoms. The zero-order valence-electron chi connectivity index (χ0n) is 9.22. The summed E-state index contributed by atoms with van der Waals surface area (Å²) < 4.78 is 3.51. The van der Waals surface area contributed by atoms with E-state index < -0.39 is 0 Å². The normalized spacial score (nSPS) is 10.8. The van der Waals surface area contributed by atoms with Crippen LogP contribution in [0.15, 0.2) is 27.4 Å². The van der Waals surface area contributed by atoms with Crippen LogP contribution in [0.1, 0.15) is 0 Å². The van der Waals surface area contributed by atoms with Crippen LogP contribution in [0.3, 0.4) is 0 Å². The predicted molar refractivity (Wildman–Crippen MR) is 85.0 cm³/mol. The molecule has 2 nitrogen and oxygen atoms in total. The van der Waals surface area contributed by atoms with Crippen LogP contribution in [0, 0.1) is 3.95 Å². The molecule has 1 aromatic heterocycles. The van der Waals surface area contributed by atoms with E-state index in [4.69, 9.17) is 35.4 Å². The zero-order valence-corrected chi connectivity index (χ0v) is 14.0. The van der Waals surface area contributed by atoms with Crippen molar-refractivity contribution in [2.45, 2.75) is 15.1 Å². The second-order valence-electron chi connectivity index (χ2n) is 3.16. The lowest BCUT2D eigenvalue weighted by Gasteiger charge is -2.06. The molecule has 8 heteroatoms. The summed E-state index contributed by atoms with van der Waals surface area (Å²) in [6, 6.07) is 5.47. The third-order valence-electron chi connectivity index (χ3n) is 2.01. The number of aromatic nitrogens is 2. The van der Waals surface area contributed by atoms with Crippen LogP contribution in [0.5, 0.6) is 0 Å². The molecular weight excluding hydrogens is 347 g/mol. The molecule has 0 atom stereocenters. The fourth-order valence-corrected chi connectivity index (χ4v) is 4.69. The van der Waals surface area contributed by atoms with Crippen LogP contribution in [-0.2, 0) is 5.88 Å². The van der Waals surface area contributed by atoms with Crippen molar-refractivity contribution in [3.8, 4) is 0 Å². The molecule has 0 amide bonds. The summed E-state index contributed by atoms with van der Waals surface area (Å²) in [6.07, 6.45) is 1.98. The fraction of sp³-hybridized carbons (Fsp3) is 0.200. The van der Waals surface area contributed by atoms with Gasteiger partial charge in [0.25, 0.3) is 0 Å². The van der Waals surface area contributed by atoms with Gasteiger partial charge in [0.1, 0.15) is 0 Å². The van der Waals surface area contributed by atoms with Crippen molar-refractivity contribution in [1.82, 2.24) is 9.78 Å². The molecule has 0 aliphatic rings. The van der Waals surface area contributed by atoms with Crippen LogP contribution in [0.25, 0.3) is 0 Å². The molecular formula is C10H8Cl2N2S4. The number of thioether (sulfide) groups is 2. The SMILES string of the molecule is CSc1nn(CSc2c(Cl)cccc2Cl)c(=S)s1. The first-order chi connectivity index (χ1) is 8.61. The summed E-state index contributed by atoms with van der Waals surface area (Å²) in [5.41, 5.74) is 0. The third kappa shape index (κ3) is 3.43. The Morgan fingerprint density at radius 3 is 2.61 bits per heavy atom. The first-order valence-electron chi connectivity index (χ1n) is 4.80. The monoisotopic (exact) mass is 354 g/mol. The van der Waals surface area contributed by atoms with E-state index in [1.54, 1.807) is 16.4 Å². The van der Waals surface area contributed by atoms with Crippen LogP contribution in [0.2, 0.25) is 10.0 Å². The lowest BCUT2D eigenvalue weighted by atomic mass is 10.4. The highest BCUT2D eigenvalue weighted by atomic mass is 35.5. The van der Waals surface area contributed by atoms with Crippen molar-refractivity contribution in [1.29, 1.82) is 0 Å². The zero-order chi connectivity index (χ0) is 13.1. The predicted octanol–water partition coefficient (Wildman–Crippen LogP) is 5.45. The average Bonchev–Trinajstić information content (AvgIpc) is 2.70. The van der Waals surface area contributed by atoms with E-state index in [9.17, 15) is 0 Å². The number of halogens is 2. The molecule has 18 heavy (non-hydrogen) atoms. The minimum atomic E-state index is 0.610. The highest BCUT2D eigenvalue weighted by Gasteiger charge is 2.08. The van der Waals surface area contributed by atoms with Crippen molar-refractivity contribution in [3.05, 3.63) is 32.2 Å². The van der Waals surface area contributed by atoms with Gasteiger partial charge < -0.3 is 0 Å². The van der Waals surface area contributed by atoms with Gasteiger partial charge in [-0.1, -0.05) is 64.1 Å². The Labute approximate surface area is 133 Å². The molecule has 0 aliphatic heterocycles. The highest BCUT2D eigenvalue weighted by Crippen LogP contribution is 2.35. The van der Waals surface area contributed by atoms with Crippen molar-refractivity contribution in [3.63, 3.8) is 0 Å². The molecule has 0 unspecified atom stereocenters. The Kier molecular flexibility index (Phi) is 5.41. The van der Waals surface area contributed by atoms with E-state index in [1.807, 2.05) is 24.5 Å². The topological polar surface area (TPSA) is 17.8 Å². The smallest absolute Gasteiger partial charge is 0.180 e. The van der Waals surface area contributed by atoms with E-state index >= 15 is 0 Å². The van der Waals surface area contributed by atoms with Crippen molar-refractivity contribution in [2.75, 3.05) is 6.26 Å². The van der Waals surface area contributed by atoms with Gasteiger partial charge in [-0.05, 0) is 30.6 Å². The quantitative estimate of drug-likeness (QED) is 0.536. The van der Waals surface area contributed by atoms with Crippen LogP contribution >= 0.6 is 70.3 Å². The molecule has 0 aliphatic carbocycles. The van der Waals surface area contributed by atoms with Gasteiger partial charge in [0, 0.05) is 4.90 Å². The Hall–Kier alpha value is 0.280. The lowest BCUT2D eigenvalue weighted by Crippen LogP contribution is -1.96. The van der Waals surface area contributed by atoms with E-state index in [0.717, 1.165) is 13.2 Å². The molecule has 2 rings (SSSR count). The second kappa shape index (κ2) is 6.63. The third-order valence-corrected chi connectivity index (χ3v) is 6.25. The second-order valence-corrected chi connectivity index (χ2v) is 7.61. The Morgan fingerprint density at radius 1 is 1.39 bits per heavy atom. The molecule has 2 aromatic rings. The molecule has 0 radical (unpaired) electrons. The van der Waals surface area contributed by atoms with Crippen LogP contribution in [0.4, 0.5) is 0 Å². The van der Waals surface area contributed by atoms with Crippen molar-refractivity contribution in [2.24, 2.45) is 0 Å². The number of benzene rings is 1. The van der Waals surface area contributed by atoms with Gasteiger partial charge in [-0.3, -0.25) is 0 Å². The molecule has 0 saturated carbocycles. The maximum atomic E-state index is 6.11. The maximum Gasteiger partial charge on any atom is 0.180 e. The van der Waals surface area contributed by atoms with E-state index in [2.05, 4.69) is 5.10 Å². The Bertz CT molecular complexity index is 588. The van der Waals surface area contributed by atoms with Gasteiger partial charge in [0.2, 0.25) is 0 Å². The van der Waals surface area contributed by atoms with Crippen LogP contribution in [-0.4, -0.2) is 16.0 Å². The summed E-state index contributed by atoms with van der Waals surface area (Å²) in [4.78, 5) is 0.862. The number of hydrogen-bond donors (Lipinski definition) is 0. The standard InChI is InChI=1S/C10H8Cl2N2S4/c1-16-9-13-14(10(15)18-9)5-17-8-6(11)3-2-4-7(8)12/h2-4H,5H2,1H3. The first-order valence-corrected chi connectivity index (χ1v) is 8.99. The molecule has 96 valence electrons. The summed E-state index contributed by atoms with van der Waals surface area (Å²) in [7, 11) is 0. The lowest BCUT2D eigenvalue weighted by molar-refractivity contribution is 0.715. The first kappa shape index (κ1) is 14.7. The minimum Gasteiger partial charge on any atom is -0.233 e. The number of nitrogens with zero attached hydrogens (tertiary/aromatic N) is 2. The minimum absolute atomic E-state index is 0.610. The Balaban J connectivity index is 2.16. The summed E-state index contributed by atoms with van der Waals surface area (Å²) in [6.45, 7) is 0. The van der Waals surface area contributed by atoms with Crippen LogP contribution < -0.4 is 0 Å². The molecule has 0 saturated heterocycles. The highest BCUT2D eigenvalue weighted by molar-refractivity contribution is 8.00. The number of hydrogen-bond acceptors (Lipinski definition) is 5. The number of rotatable bonds is 4.